The van der Waals surface area contributed by atoms with Crippen molar-refractivity contribution < 1.29 is 23.9 Å². The number of Topliss-reactive ketones (excluding diaryl/α,β-unsaturated/α-hetero) is 1. The number of hydrogen-bond donors (Lipinski definition) is 0. The van der Waals surface area contributed by atoms with Crippen LogP contribution >= 0.6 is 0 Å². The van der Waals surface area contributed by atoms with E-state index in [9.17, 15) is 19.2 Å². The molecule has 0 spiro atoms. The van der Waals surface area contributed by atoms with Gasteiger partial charge in [0.15, 0.2) is 12.4 Å². The van der Waals surface area contributed by atoms with Crippen molar-refractivity contribution in [2.75, 3.05) is 6.61 Å². The average molecular weight is 441 g/mol. The van der Waals surface area contributed by atoms with E-state index in [0.29, 0.717) is 5.56 Å². The van der Waals surface area contributed by atoms with Crippen LogP contribution in [0.2, 0.25) is 0 Å². The summed E-state index contributed by atoms with van der Waals surface area (Å²) in [4.78, 5) is 52.7. The van der Waals surface area contributed by atoms with Crippen molar-refractivity contribution in [3.63, 3.8) is 0 Å². The van der Waals surface area contributed by atoms with Crippen molar-refractivity contribution in [1.29, 1.82) is 0 Å². The van der Waals surface area contributed by atoms with Gasteiger partial charge < -0.3 is 4.74 Å². The molecule has 6 heteroatoms. The maximum absolute atomic E-state index is 13.1. The number of rotatable bonds is 7. The topological polar surface area (TPSA) is 80.8 Å². The smallest absolute Gasteiger partial charge is 0.330 e. The number of nitrogens with zero attached hydrogens (tertiary/aromatic N) is 1. The third-order valence-electron chi connectivity index (χ3n) is 5.86. The van der Waals surface area contributed by atoms with E-state index in [1.54, 1.807) is 48.5 Å². The molecule has 33 heavy (non-hydrogen) atoms. The van der Waals surface area contributed by atoms with Crippen LogP contribution in [0.15, 0.2) is 72.8 Å². The van der Waals surface area contributed by atoms with Crippen LogP contribution in [0.4, 0.5) is 0 Å². The predicted molar refractivity (Wildman–Crippen MR) is 122 cm³/mol. The Hall–Kier alpha value is -4.06. The Bertz CT molecular complexity index is 1210. The zero-order valence-electron chi connectivity index (χ0n) is 18.4. The fraction of sp³-hybridized carbons (Fsp3) is 0.185. The van der Waals surface area contributed by atoms with Crippen molar-refractivity contribution in [3.05, 3.63) is 106 Å². The Morgan fingerprint density at radius 1 is 0.818 bits per heavy atom. The Balaban J connectivity index is 1.56. The number of hydrogen-bond acceptors (Lipinski definition) is 5. The molecule has 1 heterocycles. The van der Waals surface area contributed by atoms with E-state index in [0.717, 1.165) is 21.6 Å². The minimum Gasteiger partial charge on any atom is -0.456 e. The number of imide groups is 1. The zero-order valence-corrected chi connectivity index (χ0v) is 18.4. The van der Waals surface area contributed by atoms with Crippen LogP contribution in [0.25, 0.3) is 0 Å². The number of amides is 2. The molecule has 1 aliphatic rings. The summed E-state index contributed by atoms with van der Waals surface area (Å²) in [5, 5.41) is 0. The molecule has 3 aromatic carbocycles. The summed E-state index contributed by atoms with van der Waals surface area (Å²) in [7, 11) is 0. The van der Waals surface area contributed by atoms with E-state index in [-0.39, 0.29) is 23.3 Å². The molecule has 0 N–H and O–H groups in total. The van der Waals surface area contributed by atoms with Crippen LogP contribution in [0, 0.1) is 13.8 Å². The van der Waals surface area contributed by atoms with Gasteiger partial charge in [0.05, 0.1) is 11.1 Å². The Morgan fingerprint density at radius 3 is 2.03 bits per heavy atom. The van der Waals surface area contributed by atoms with E-state index in [4.69, 9.17) is 4.74 Å². The predicted octanol–water partition coefficient (Wildman–Crippen LogP) is 3.94. The normalized spacial score (nSPS) is 13.6. The van der Waals surface area contributed by atoms with Crippen molar-refractivity contribution in [1.82, 2.24) is 4.90 Å². The maximum atomic E-state index is 13.1. The van der Waals surface area contributed by atoms with E-state index in [1.807, 2.05) is 38.1 Å². The number of ketones is 1. The summed E-state index contributed by atoms with van der Waals surface area (Å²) in [5.41, 5.74) is 3.71. The molecule has 1 atom stereocenters. The highest BCUT2D eigenvalue weighted by atomic mass is 16.5. The van der Waals surface area contributed by atoms with Gasteiger partial charge in [-0.05, 0) is 48.7 Å². The summed E-state index contributed by atoms with van der Waals surface area (Å²) >= 11 is 0. The molecule has 3 aromatic rings. The van der Waals surface area contributed by atoms with Crippen molar-refractivity contribution in [2.45, 2.75) is 26.3 Å². The molecular weight excluding hydrogens is 418 g/mol. The van der Waals surface area contributed by atoms with E-state index in [2.05, 4.69) is 0 Å². The lowest BCUT2D eigenvalue weighted by Gasteiger charge is -2.24. The molecule has 6 nitrogen and oxygen atoms in total. The maximum Gasteiger partial charge on any atom is 0.330 e. The number of carbonyl (C=O) groups is 4. The molecule has 2 amide bonds. The van der Waals surface area contributed by atoms with Crippen LogP contribution in [0.1, 0.15) is 47.8 Å². The number of aryl methyl sites for hydroxylation is 2. The molecule has 0 radical (unpaired) electrons. The highest BCUT2D eigenvalue weighted by Crippen LogP contribution is 2.26. The van der Waals surface area contributed by atoms with Gasteiger partial charge >= 0.3 is 5.97 Å². The molecule has 0 aromatic heterocycles. The molecule has 166 valence electrons. The SMILES string of the molecule is Cc1ccc(C(=O)COC(=O)[C@@H](Cc2ccccc2)N2C(=O)c3ccccc3C2=O)cc1C. The van der Waals surface area contributed by atoms with Crippen molar-refractivity contribution in [3.8, 4) is 0 Å². The van der Waals surface area contributed by atoms with Gasteiger partial charge in [0.2, 0.25) is 0 Å². The Kier molecular flexibility index (Phi) is 6.18. The molecule has 0 fully saturated rings. The van der Waals surface area contributed by atoms with Crippen molar-refractivity contribution >= 4 is 23.6 Å². The fourth-order valence-electron chi connectivity index (χ4n) is 3.84. The second-order valence-corrected chi connectivity index (χ2v) is 8.06. The fourth-order valence-corrected chi connectivity index (χ4v) is 3.84. The van der Waals surface area contributed by atoms with Gasteiger partial charge in [-0.2, -0.15) is 0 Å². The number of carbonyl (C=O) groups excluding carboxylic acids is 4. The first-order valence-corrected chi connectivity index (χ1v) is 10.6. The third-order valence-corrected chi connectivity index (χ3v) is 5.86. The summed E-state index contributed by atoms with van der Waals surface area (Å²) < 4.78 is 5.34. The molecule has 0 saturated heterocycles. The van der Waals surface area contributed by atoms with E-state index in [1.165, 1.54) is 0 Å². The summed E-state index contributed by atoms with van der Waals surface area (Å²) in [5.74, 6) is -2.25. The van der Waals surface area contributed by atoms with Gasteiger partial charge in [0.1, 0.15) is 6.04 Å². The lowest BCUT2D eigenvalue weighted by molar-refractivity contribution is -0.147. The minimum absolute atomic E-state index is 0.0863. The molecular formula is C27H23NO5. The molecule has 0 bridgehead atoms. The zero-order chi connectivity index (χ0) is 23.5. The number of esters is 1. The minimum atomic E-state index is -1.19. The lowest BCUT2D eigenvalue weighted by Crippen LogP contribution is -2.47. The second kappa shape index (κ2) is 9.20. The van der Waals surface area contributed by atoms with Crippen LogP contribution in [-0.4, -0.2) is 41.1 Å². The summed E-state index contributed by atoms with van der Waals surface area (Å²) in [6.07, 6.45) is 0.0863. The third kappa shape index (κ3) is 4.46. The average Bonchev–Trinajstić information content (AvgIpc) is 3.08. The van der Waals surface area contributed by atoms with Crippen LogP contribution in [-0.2, 0) is 16.0 Å². The summed E-state index contributed by atoms with van der Waals surface area (Å²) in [6, 6.07) is 19.6. The first kappa shape index (κ1) is 22.1. The van der Waals surface area contributed by atoms with Gasteiger partial charge in [-0.3, -0.25) is 19.3 Å². The molecule has 4 rings (SSSR count). The van der Waals surface area contributed by atoms with Gasteiger partial charge in [-0.15, -0.1) is 0 Å². The monoisotopic (exact) mass is 441 g/mol. The van der Waals surface area contributed by atoms with Crippen LogP contribution < -0.4 is 0 Å². The Morgan fingerprint density at radius 2 is 1.42 bits per heavy atom. The van der Waals surface area contributed by atoms with Gasteiger partial charge in [-0.25, -0.2) is 4.79 Å². The highest BCUT2D eigenvalue weighted by molar-refractivity contribution is 6.22. The molecule has 0 unspecified atom stereocenters. The first-order valence-electron chi connectivity index (χ1n) is 10.6. The van der Waals surface area contributed by atoms with E-state index < -0.39 is 30.4 Å². The number of fused-ring (bicyclic) bond motifs is 1. The van der Waals surface area contributed by atoms with Crippen LogP contribution in [0.3, 0.4) is 0 Å². The lowest BCUT2D eigenvalue weighted by atomic mass is 10.0. The van der Waals surface area contributed by atoms with Crippen LogP contribution in [0.5, 0.6) is 0 Å². The first-order chi connectivity index (χ1) is 15.9. The van der Waals surface area contributed by atoms with Crippen molar-refractivity contribution in [2.24, 2.45) is 0 Å². The largest absolute Gasteiger partial charge is 0.456 e. The summed E-state index contributed by atoms with van der Waals surface area (Å²) in [6.45, 7) is 3.37. The van der Waals surface area contributed by atoms with Gasteiger partial charge in [0.25, 0.3) is 11.8 Å². The highest BCUT2D eigenvalue weighted by Gasteiger charge is 2.43. The molecule has 0 saturated carbocycles. The van der Waals surface area contributed by atoms with Gasteiger partial charge in [-0.1, -0.05) is 54.6 Å². The molecule has 0 aliphatic carbocycles. The van der Waals surface area contributed by atoms with Gasteiger partial charge in [0, 0.05) is 12.0 Å². The second-order valence-electron chi connectivity index (χ2n) is 8.06. The number of benzene rings is 3. The standard InChI is InChI=1S/C27H23NO5/c1-17-12-13-20(14-18(17)2)24(29)16-33-27(32)23(15-19-8-4-3-5-9-19)28-25(30)21-10-6-7-11-22(21)26(28)31/h3-14,23H,15-16H2,1-2H3/t23-/m1/s1. The van der Waals surface area contributed by atoms with E-state index >= 15 is 0 Å². The Labute approximate surface area is 191 Å². The quantitative estimate of drug-likeness (QED) is 0.315. The molecule has 1 aliphatic heterocycles. The number of ether oxygens (including phenoxy) is 1.